The van der Waals surface area contributed by atoms with Crippen molar-refractivity contribution < 1.29 is 13.7 Å². The van der Waals surface area contributed by atoms with Crippen LogP contribution in [0.1, 0.15) is 66.6 Å². The van der Waals surface area contributed by atoms with Crippen molar-refractivity contribution in [1.82, 2.24) is 10.1 Å². The van der Waals surface area contributed by atoms with Crippen molar-refractivity contribution >= 4 is 5.91 Å². The molecule has 1 aliphatic carbocycles. The molecule has 5 nitrogen and oxygen atoms in total. The topological polar surface area (TPSA) is 59.5 Å². The lowest BCUT2D eigenvalue weighted by Crippen LogP contribution is -2.40. The minimum absolute atomic E-state index is 0.00711. The van der Waals surface area contributed by atoms with E-state index in [0.717, 1.165) is 43.7 Å². The molecule has 0 spiro atoms. The molecular formula is C17H20N2O3. The molecule has 0 unspecified atom stereocenters. The quantitative estimate of drug-likeness (QED) is 0.866. The summed E-state index contributed by atoms with van der Waals surface area (Å²) in [5.41, 5.74) is 0.424. The highest BCUT2D eigenvalue weighted by atomic mass is 16.5. The largest absolute Gasteiger partial charge is 0.467 e. The first-order valence-electron chi connectivity index (χ1n) is 8.03. The smallest absolute Gasteiger partial charge is 0.276 e. The van der Waals surface area contributed by atoms with Gasteiger partial charge < -0.3 is 13.8 Å². The van der Waals surface area contributed by atoms with Gasteiger partial charge in [0, 0.05) is 18.5 Å². The molecule has 116 valence electrons. The summed E-state index contributed by atoms with van der Waals surface area (Å²) >= 11 is 0. The number of furan rings is 1. The van der Waals surface area contributed by atoms with Gasteiger partial charge in [0.15, 0.2) is 5.69 Å². The van der Waals surface area contributed by atoms with E-state index in [2.05, 4.69) is 12.1 Å². The number of hydrogen-bond acceptors (Lipinski definition) is 4. The Kier molecular flexibility index (Phi) is 3.28. The molecule has 2 aromatic heterocycles. The zero-order valence-electron chi connectivity index (χ0n) is 12.7. The Bertz CT molecular complexity index is 657. The van der Waals surface area contributed by atoms with Gasteiger partial charge in [-0.15, -0.1) is 0 Å². The number of amides is 1. The fraction of sp³-hybridized carbons (Fsp3) is 0.529. The fourth-order valence-electron chi connectivity index (χ4n) is 3.23. The summed E-state index contributed by atoms with van der Waals surface area (Å²) in [5, 5.41) is 3.99. The molecule has 4 rings (SSSR count). The van der Waals surface area contributed by atoms with Crippen LogP contribution in [0.25, 0.3) is 0 Å². The third kappa shape index (κ3) is 2.45. The third-order valence-corrected chi connectivity index (χ3v) is 4.72. The Morgan fingerprint density at radius 2 is 2.18 bits per heavy atom. The SMILES string of the molecule is C[C@@H]1CCN(C(=O)c2cc(C3CC3)on2)[C@H](c2ccco2)C1. The Labute approximate surface area is 129 Å². The summed E-state index contributed by atoms with van der Waals surface area (Å²) in [4.78, 5) is 14.7. The lowest BCUT2D eigenvalue weighted by atomic mass is 9.91. The predicted molar refractivity (Wildman–Crippen MR) is 79.4 cm³/mol. The molecular weight excluding hydrogens is 280 g/mol. The highest BCUT2D eigenvalue weighted by molar-refractivity contribution is 5.92. The first-order valence-corrected chi connectivity index (χ1v) is 8.03. The molecule has 1 saturated heterocycles. The van der Waals surface area contributed by atoms with Gasteiger partial charge in [-0.1, -0.05) is 12.1 Å². The first-order chi connectivity index (χ1) is 10.7. The zero-order chi connectivity index (χ0) is 15.1. The second kappa shape index (κ2) is 5.30. The van der Waals surface area contributed by atoms with E-state index in [1.165, 1.54) is 0 Å². The summed E-state index contributed by atoms with van der Waals surface area (Å²) in [5.74, 6) is 2.70. The molecule has 5 heteroatoms. The Morgan fingerprint density at radius 3 is 2.91 bits per heavy atom. The minimum atomic E-state index is -0.0519. The van der Waals surface area contributed by atoms with Crippen LogP contribution >= 0.6 is 0 Å². The number of carbonyl (C=O) groups is 1. The zero-order valence-corrected chi connectivity index (χ0v) is 12.7. The van der Waals surface area contributed by atoms with Crippen molar-refractivity contribution in [3.05, 3.63) is 41.7 Å². The van der Waals surface area contributed by atoms with Gasteiger partial charge in [-0.2, -0.15) is 0 Å². The molecule has 0 radical (unpaired) electrons. The maximum atomic E-state index is 12.8. The standard InChI is InChI=1S/C17H20N2O3/c1-11-6-7-19(14(9-11)15-3-2-8-21-15)17(20)13-10-16(22-18-13)12-4-5-12/h2-3,8,10-12,14H,4-7,9H2,1H3/t11-,14+/m1/s1. The molecule has 2 fully saturated rings. The van der Waals surface area contributed by atoms with Gasteiger partial charge >= 0.3 is 0 Å². The number of rotatable bonds is 3. The van der Waals surface area contributed by atoms with Crippen LogP contribution in [-0.2, 0) is 0 Å². The number of nitrogens with zero attached hydrogens (tertiary/aromatic N) is 2. The normalized spacial score (nSPS) is 25.4. The highest BCUT2D eigenvalue weighted by Gasteiger charge is 2.35. The maximum Gasteiger partial charge on any atom is 0.276 e. The molecule has 3 heterocycles. The predicted octanol–water partition coefficient (Wildman–Crippen LogP) is 3.76. The molecule has 0 N–H and O–H groups in total. The Morgan fingerprint density at radius 1 is 1.32 bits per heavy atom. The van der Waals surface area contributed by atoms with Crippen molar-refractivity contribution in [3.63, 3.8) is 0 Å². The first kappa shape index (κ1) is 13.6. The van der Waals surface area contributed by atoms with Crippen LogP contribution in [0.3, 0.4) is 0 Å². The Balaban J connectivity index is 1.58. The number of piperidine rings is 1. The molecule has 0 aromatic carbocycles. The third-order valence-electron chi connectivity index (χ3n) is 4.72. The van der Waals surface area contributed by atoms with E-state index in [0.29, 0.717) is 17.5 Å². The van der Waals surface area contributed by atoms with Gasteiger partial charge in [0.1, 0.15) is 11.5 Å². The summed E-state index contributed by atoms with van der Waals surface area (Å²) in [7, 11) is 0. The monoisotopic (exact) mass is 300 g/mol. The van der Waals surface area contributed by atoms with Crippen LogP contribution < -0.4 is 0 Å². The van der Waals surface area contributed by atoms with Crippen molar-refractivity contribution in [2.45, 2.75) is 44.6 Å². The second-order valence-corrected chi connectivity index (χ2v) is 6.55. The summed E-state index contributed by atoms with van der Waals surface area (Å²) < 4.78 is 10.9. The van der Waals surface area contributed by atoms with E-state index in [4.69, 9.17) is 8.94 Å². The lowest BCUT2D eigenvalue weighted by Gasteiger charge is -2.36. The molecule has 2 aliphatic rings. The average molecular weight is 300 g/mol. The molecule has 0 bridgehead atoms. The average Bonchev–Trinajstić information content (AvgIpc) is 3.05. The molecule has 22 heavy (non-hydrogen) atoms. The van der Waals surface area contributed by atoms with E-state index >= 15 is 0 Å². The van der Waals surface area contributed by atoms with Gasteiger partial charge in [-0.3, -0.25) is 4.79 Å². The van der Waals surface area contributed by atoms with E-state index < -0.39 is 0 Å². The van der Waals surface area contributed by atoms with E-state index in [1.54, 1.807) is 6.26 Å². The summed E-state index contributed by atoms with van der Waals surface area (Å²) in [6.45, 7) is 2.95. The lowest BCUT2D eigenvalue weighted by molar-refractivity contribution is 0.0510. The molecule has 2 atom stereocenters. The van der Waals surface area contributed by atoms with Crippen LogP contribution in [-0.4, -0.2) is 22.5 Å². The van der Waals surface area contributed by atoms with Crippen molar-refractivity contribution in [3.8, 4) is 0 Å². The van der Waals surface area contributed by atoms with Crippen LogP contribution in [0.15, 0.2) is 33.4 Å². The van der Waals surface area contributed by atoms with E-state index in [-0.39, 0.29) is 11.9 Å². The maximum absolute atomic E-state index is 12.8. The second-order valence-electron chi connectivity index (χ2n) is 6.55. The molecule has 1 saturated carbocycles. The van der Waals surface area contributed by atoms with Gasteiger partial charge in [0.25, 0.3) is 5.91 Å². The number of hydrogen-bond donors (Lipinski definition) is 0. The van der Waals surface area contributed by atoms with Crippen LogP contribution in [0.4, 0.5) is 0 Å². The van der Waals surface area contributed by atoms with Crippen molar-refractivity contribution in [1.29, 1.82) is 0 Å². The molecule has 2 aromatic rings. The summed E-state index contributed by atoms with van der Waals surface area (Å²) in [6.07, 6.45) is 5.87. The number of aromatic nitrogens is 1. The number of carbonyl (C=O) groups excluding carboxylic acids is 1. The fourth-order valence-corrected chi connectivity index (χ4v) is 3.23. The molecule has 1 amide bonds. The number of likely N-dealkylation sites (tertiary alicyclic amines) is 1. The van der Waals surface area contributed by atoms with Crippen LogP contribution in [0.2, 0.25) is 0 Å². The van der Waals surface area contributed by atoms with Crippen molar-refractivity contribution in [2.24, 2.45) is 5.92 Å². The van der Waals surface area contributed by atoms with Gasteiger partial charge in [-0.05, 0) is 43.7 Å². The van der Waals surface area contributed by atoms with Crippen LogP contribution in [0.5, 0.6) is 0 Å². The molecule has 1 aliphatic heterocycles. The van der Waals surface area contributed by atoms with E-state index in [9.17, 15) is 4.79 Å². The Hall–Kier alpha value is -2.04. The van der Waals surface area contributed by atoms with Gasteiger partial charge in [-0.25, -0.2) is 0 Å². The van der Waals surface area contributed by atoms with Crippen LogP contribution in [0, 0.1) is 5.92 Å². The summed E-state index contributed by atoms with van der Waals surface area (Å²) in [6, 6.07) is 5.63. The van der Waals surface area contributed by atoms with Gasteiger partial charge in [0.05, 0.1) is 12.3 Å². The van der Waals surface area contributed by atoms with Gasteiger partial charge in [0.2, 0.25) is 0 Å². The van der Waals surface area contributed by atoms with E-state index in [1.807, 2.05) is 23.1 Å². The highest BCUT2D eigenvalue weighted by Crippen LogP contribution is 2.41. The minimum Gasteiger partial charge on any atom is -0.467 e. The van der Waals surface area contributed by atoms with Crippen molar-refractivity contribution in [2.75, 3.05) is 6.54 Å².